The maximum Gasteiger partial charge on any atom is 0.222 e. The van der Waals surface area contributed by atoms with Crippen LogP contribution in [0.5, 0.6) is 0 Å². The maximum atomic E-state index is 2.50. The molecule has 7 rings (SSSR count). The highest BCUT2D eigenvalue weighted by atomic mass is 32.2. The number of nitrogens with zero attached hydrogens (tertiary/aromatic N) is 1. The fraction of sp³-hybridized carbons (Fsp3) is 0.258. The van der Waals surface area contributed by atoms with Crippen LogP contribution in [0, 0.1) is 12.8 Å². The first-order valence-corrected chi connectivity index (χ1v) is 13.1. The molecule has 1 nitrogen and oxygen atoms in total. The molecular weight excluding hydrogens is 418 g/mol. The van der Waals surface area contributed by atoms with E-state index in [4.69, 9.17) is 0 Å². The van der Waals surface area contributed by atoms with Gasteiger partial charge in [0.1, 0.15) is 7.05 Å². The number of fused-ring (bicyclic) bond motifs is 5. The molecule has 2 aliphatic rings. The van der Waals surface area contributed by atoms with Crippen LogP contribution in [0.25, 0.3) is 43.6 Å². The van der Waals surface area contributed by atoms with E-state index in [1.54, 1.807) is 0 Å². The highest BCUT2D eigenvalue weighted by Crippen LogP contribution is 2.51. The van der Waals surface area contributed by atoms with Gasteiger partial charge in [-0.15, -0.1) is 0 Å². The van der Waals surface area contributed by atoms with Crippen molar-refractivity contribution in [3.8, 4) is 11.3 Å². The molecule has 4 aromatic carbocycles. The molecule has 1 aromatic heterocycles. The fourth-order valence-corrected chi connectivity index (χ4v) is 7.68. The SMILES string of the molecule is Cc1c2c(cc3ccccc13)Sc1cc3c(CC4CCCC4)cccc3c3cc[n+](C)c-2c13. The molecule has 1 aliphatic heterocycles. The Kier molecular flexibility index (Phi) is 4.36. The van der Waals surface area contributed by atoms with Gasteiger partial charge in [-0.25, -0.2) is 4.57 Å². The van der Waals surface area contributed by atoms with E-state index in [0.29, 0.717) is 0 Å². The van der Waals surface area contributed by atoms with Crippen molar-refractivity contribution in [3.63, 3.8) is 0 Å². The van der Waals surface area contributed by atoms with Crippen LogP contribution in [-0.2, 0) is 13.5 Å². The lowest BCUT2D eigenvalue weighted by atomic mass is 9.90. The van der Waals surface area contributed by atoms with Gasteiger partial charge in [-0.3, -0.25) is 0 Å². The summed E-state index contributed by atoms with van der Waals surface area (Å²) < 4.78 is 2.33. The van der Waals surface area contributed by atoms with Crippen molar-refractivity contribution < 1.29 is 4.57 Å². The Balaban J connectivity index is 1.55. The normalized spacial score (nSPS) is 15.6. The molecule has 162 valence electrons. The maximum absolute atomic E-state index is 2.50. The van der Waals surface area contributed by atoms with Gasteiger partial charge in [0.15, 0.2) is 6.20 Å². The first-order valence-electron chi connectivity index (χ1n) is 12.3. The van der Waals surface area contributed by atoms with Crippen molar-refractivity contribution in [2.45, 2.75) is 48.8 Å². The van der Waals surface area contributed by atoms with Crippen LogP contribution in [0.4, 0.5) is 0 Å². The monoisotopic (exact) mass is 446 g/mol. The Morgan fingerprint density at radius 1 is 0.848 bits per heavy atom. The van der Waals surface area contributed by atoms with Gasteiger partial charge in [-0.05, 0) is 64.1 Å². The van der Waals surface area contributed by atoms with Crippen LogP contribution in [0.2, 0.25) is 0 Å². The zero-order chi connectivity index (χ0) is 22.1. The van der Waals surface area contributed by atoms with E-state index in [-0.39, 0.29) is 0 Å². The van der Waals surface area contributed by atoms with Gasteiger partial charge in [-0.1, -0.05) is 79.9 Å². The number of rotatable bonds is 2. The average Bonchev–Trinajstić information content (AvgIpc) is 3.34. The number of aromatic nitrogens is 1. The van der Waals surface area contributed by atoms with E-state index in [9.17, 15) is 0 Å². The van der Waals surface area contributed by atoms with Gasteiger partial charge >= 0.3 is 0 Å². The average molecular weight is 447 g/mol. The molecular formula is C31H28NS+. The van der Waals surface area contributed by atoms with Gasteiger partial charge < -0.3 is 0 Å². The van der Waals surface area contributed by atoms with Crippen molar-refractivity contribution >= 4 is 44.1 Å². The molecule has 0 amide bonds. The minimum atomic E-state index is 0.856. The Hall–Kier alpha value is -2.84. The molecule has 2 heterocycles. The van der Waals surface area contributed by atoms with E-state index < -0.39 is 0 Å². The smallest absolute Gasteiger partial charge is 0.200 e. The lowest BCUT2D eigenvalue weighted by Gasteiger charge is -2.22. The summed E-state index contributed by atoms with van der Waals surface area (Å²) in [4.78, 5) is 2.79. The molecule has 33 heavy (non-hydrogen) atoms. The third kappa shape index (κ3) is 2.90. The minimum Gasteiger partial charge on any atom is -0.200 e. The summed E-state index contributed by atoms with van der Waals surface area (Å²) in [6, 6.07) is 23.1. The standard InChI is InChI=1S/C31H28NS/c1-19-23-12-6-5-10-22(23)17-27-29(19)31-30-25(14-15-32(31)2)24-13-7-11-21(16-20-8-3-4-9-20)26(24)18-28(30)33-27/h5-7,10-15,17-18,20H,3-4,8-9,16H2,1-2H3/q+1. The zero-order valence-electron chi connectivity index (χ0n) is 19.3. The Labute approximate surface area is 199 Å². The van der Waals surface area contributed by atoms with Gasteiger partial charge in [0, 0.05) is 21.2 Å². The number of pyridine rings is 1. The number of hydrogen-bond acceptors (Lipinski definition) is 1. The minimum absolute atomic E-state index is 0.856. The zero-order valence-corrected chi connectivity index (χ0v) is 20.1. The van der Waals surface area contributed by atoms with Crippen molar-refractivity contribution in [2.24, 2.45) is 13.0 Å². The van der Waals surface area contributed by atoms with Gasteiger partial charge in [0.05, 0.1) is 10.9 Å². The predicted molar refractivity (Wildman–Crippen MR) is 140 cm³/mol. The first kappa shape index (κ1) is 19.6. The highest BCUT2D eigenvalue weighted by molar-refractivity contribution is 7.99. The van der Waals surface area contributed by atoms with Gasteiger partial charge in [-0.2, -0.15) is 0 Å². The molecule has 1 aliphatic carbocycles. The molecule has 0 spiro atoms. The summed E-state index contributed by atoms with van der Waals surface area (Å²) >= 11 is 1.97. The van der Waals surface area contributed by atoms with Gasteiger partial charge in [0.2, 0.25) is 5.69 Å². The third-order valence-corrected chi connectivity index (χ3v) is 9.13. The van der Waals surface area contributed by atoms with Crippen molar-refractivity contribution in [1.82, 2.24) is 0 Å². The molecule has 1 saturated carbocycles. The predicted octanol–water partition coefficient (Wildman–Crippen LogP) is 8.14. The lowest BCUT2D eigenvalue weighted by molar-refractivity contribution is -0.659. The van der Waals surface area contributed by atoms with E-state index in [0.717, 1.165) is 5.92 Å². The van der Waals surface area contributed by atoms with Crippen molar-refractivity contribution in [2.75, 3.05) is 0 Å². The first-order chi connectivity index (χ1) is 16.2. The topological polar surface area (TPSA) is 3.88 Å². The molecule has 0 bridgehead atoms. The molecule has 1 fully saturated rings. The van der Waals surface area contributed by atoms with Crippen LogP contribution in [0.1, 0.15) is 36.8 Å². The van der Waals surface area contributed by atoms with E-state index in [1.165, 1.54) is 96.6 Å². The Bertz CT molecular complexity index is 1590. The second-order valence-corrected chi connectivity index (χ2v) is 11.1. The summed E-state index contributed by atoms with van der Waals surface area (Å²) in [6.07, 6.45) is 9.09. The van der Waals surface area contributed by atoms with Crippen LogP contribution >= 0.6 is 11.8 Å². The van der Waals surface area contributed by atoms with Crippen molar-refractivity contribution in [3.05, 3.63) is 78.0 Å². The number of benzene rings is 4. The summed E-state index contributed by atoms with van der Waals surface area (Å²) in [7, 11) is 2.20. The largest absolute Gasteiger partial charge is 0.222 e. The molecule has 5 aromatic rings. The second-order valence-electron chi connectivity index (χ2n) is 10.0. The van der Waals surface area contributed by atoms with Gasteiger partial charge in [0.25, 0.3) is 0 Å². The third-order valence-electron chi connectivity index (χ3n) is 8.04. The summed E-state index contributed by atoms with van der Waals surface area (Å²) in [5.41, 5.74) is 5.69. The fourth-order valence-electron chi connectivity index (χ4n) is 6.42. The Morgan fingerprint density at radius 2 is 1.67 bits per heavy atom. The lowest BCUT2D eigenvalue weighted by Crippen LogP contribution is -2.31. The summed E-state index contributed by atoms with van der Waals surface area (Å²) in [5, 5.41) is 8.38. The molecule has 2 heteroatoms. The van der Waals surface area contributed by atoms with Crippen LogP contribution in [0.15, 0.2) is 76.7 Å². The highest BCUT2D eigenvalue weighted by Gasteiger charge is 2.30. The molecule has 0 atom stereocenters. The summed E-state index contributed by atoms with van der Waals surface area (Å²) in [6.45, 7) is 2.30. The van der Waals surface area contributed by atoms with E-state index >= 15 is 0 Å². The van der Waals surface area contributed by atoms with Crippen LogP contribution in [0.3, 0.4) is 0 Å². The van der Waals surface area contributed by atoms with E-state index in [2.05, 4.69) is 85.4 Å². The van der Waals surface area contributed by atoms with Crippen LogP contribution < -0.4 is 4.57 Å². The number of aryl methyl sites for hydroxylation is 2. The molecule has 0 unspecified atom stereocenters. The van der Waals surface area contributed by atoms with Crippen LogP contribution in [-0.4, -0.2) is 0 Å². The van der Waals surface area contributed by atoms with E-state index in [1.807, 2.05) is 11.8 Å². The van der Waals surface area contributed by atoms with Crippen molar-refractivity contribution in [1.29, 1.82) is 0 Å². The molecule has 0 radical (unpaired) electrons. The second kappa shape index (κ2) is 7.33. The summed E-state index contributed by atoms with van der Waals surface area (Å²) in [5.74, 6) is 0.856. The molecule has 0 saturated heterocycles. The Morgan fingerprint density at radius 3 is 2.55 bits per heavy atom. The molecule has 0 N–H and O–H groups in total. The number of hydrogen-bond donors (Lipinski definition) is 0. The quantitative estimate of drug-likeness (QED) is 0.192.